The van der Waals surface area contributed by atoms with E-state index in [0.717, 1.165) is 29.4 Å². The molecule has 2 nitrogen and oxygen atoms in total. The zero-order chi connectivity index (χ0) is 15.2. The van der Waals surface area contributed by atoms with Gasteiger partial charge in [-0.25, -0.2) is 0 Å². The predicted octanol–water partition coefficient (Wildman–Crippen LogP) is 4.94. The van der Waals surface area contributed by atoms with Crippen molar-refractivity contribution >= 4 is 15.9 Å². The average molecular weight is 354 g/mol. The van der Waals surface area contributed by atoms with Crippen molar-refractivity contribution in [2.45, 2.75) is 52.2 Å². The standard InChI is InChI=1S/C18H28BrNO/c1-4-20-12-18(15-6-8-16(19)9-7-15)21-17-10-5-13(2)14(3)11-17/h6-9,13-14,17-18,20H,4-5,10-12H2,1-3H3. The lowest BCUT2D eigenvalue weighted by Crippen LogP contribution is -2.31. The van der Waals surface area contributed by atoms with Crippen LogP contribution in [0.15, 0.2) is 28.7 Å². The summed E-state index contributed by atoms with van der Waals surface area (Å²) in [5, 5.41) is 3.43. The largest absolute Gasteiger partial charge is 0.369 e. The van der Waals surface area contributed by atoms with E-state index in [1.807, 2.05) is 0 Å². The average Bonchev–Trinajstić information content (AvgIpc) is 2.48. The number of ether oxygens (including phenoxy) is 1. The van der Waals surface area contributed by atoms with Gasteiger partial charge < -0.3 is 10.1 Å². The Morgan fingerprint density at radius 2 is 1.90 bits per heavy atom. The van der Waals surface area contributed by atoms with Gasteiger partial charge in [0.1, 0.15) is 0 Å². The van der Waals surface area contributed by atoms with Gasteiger partial charge in [-0.15, -0.1) is 0 Å². The van der Waals surface area contributed by atoms with E-state index in [2.05, 4.69) is 66.3 Å². The van der Waals surface area contributed by atoms with Gasteiger partial charge in [0, 0.05) is 11.0 Å². The summed E-state index contributed by atoms with van der Waals surface area (Å²) in [6.45, 7) is 8.74. The molecule has 1 N–H and O–H groups in total. The van der Waals surface area contributed by atoms with E-state index in [1.54, 1.807) is 0 Å². The molecule has 0 bridgehead atoms. The van der Waals surface area contributed by atoms with Crippen LogP contribution >= 0.6 is 15.9 Å². The topological polar surface area (TPSA) is 21.3 Å². The molecular formula is C18H28BrNO. The van der Waals surface area contributed by atoms with Gasteiger partial charge in [-0.2, -0.15) is 0 Å². The lowest BCUT2D eigenvalue weighted by atomic mass is 9.80. The monoisotopic (exact) mass is 353 g/mol. The Morgan fingerprint density at radius 1 is 1.19 bits per heavy atom. The highest BCUT2D eigenvalue weighted by Gasteiger charge is 2.27. The number of hydrogen-bond donors (Lipinski definition) is 1. The summed E-state index contributed by atoms with van der Waals surface area (Å²) in [4.78, 5) is 0. The van der Waals surface area contributed by atoms with E-state index in [-0.39, 0.29) is 6.10 Å². The lowest BCUT2D eigenvalue weighted by molar-refractivity contribution is -0.0478. The Bertz CT molecular complexity index is 420. The van der Waals surface area contributed by atoms with E-state index in [1.165, 1.54) is 24.8 Å². The fraction of sp³-hybridized carbons (Fsp3) is 0.667. The summed E-state index contributed by atoms with van der Waals surface area (Å²) in [5.41, 5.74) is 1.27. The van der Waals surface area contributed by atoms with Crippen LogP contribution in [-0.2, 0) is 4.74 Å². The molecule has 4 unspecified atom stereocenters. The summed E-state index contributed by atoms with van der Waals surface area (Å²) in [6.07, 6.45) is 4.25. The number of hydrogen-bond acceptors (Lipinski definition) is 2. The van der Waals surface area contributed by atoms with Crippen molar-refractivity contribution in [1.29, 1.82) is 0 Å². The zero-order valence-corrected chi connectivity index (χ0v) is 15.0. The van der Waals surface area contributed by atoms with Crippen LogP contribution in [-0.4, -0.2) is 19.2 Å². The van der Waals surface area contributed by atoms with Crippen molar-refractivity contribution in [3.8, 4) is 0 Å². The maximum absolute atomic E-state index is 6.46. The highest BCUT2D eigenvalue weighted by molar-refractivity contribution is 9.10. The molecule has 0 aliphatic heterocycles. The van der Waals surface area contributed by atoms with Crippen LogP contribution in [0.5, 0.6) is 0 Å². The van der Waals surface area contributed by atoms with Crippen LogP contribution in [0, 0.1) is 11.8 Å². The fourth-order valence-electron chi connectivity index (χ4n) is 3.05. The maximum atomic E-state index is 6.46. The summed E-state index contributed by atoms with van der Waals surface area (Å²) < 4.78 is 7.58. The lowest BCUT2D eigenvalue weighted by Gasteiger charge is -2.34. The third-order valence-corrected chi connectivity index (χ3v) is 5.26. The fourth-order valence-corrected chi connectivity index (χ4v) is 3.32. The van der Waals surface area contributed by atoms with Gasteiger partial charge in [0.25, 0.3) is 0 Å². The molecule has 1 aromatic rings. The van der Waals surface area contributed by atoms with Crippen LogP contribution in [0.4, 0.5) is 0 Å². The molecule has 0 spiro atoms. The molecule has 0 saturated heterocycles. The normalized spacial score (nSPS) is 27.5. The molecule has 1 fully saturated rings. The van der Waals surface area contributed by atoms with Crippen LogP contribution < -0.4 is 5.32 Å². The number of likely N-dealkylation sites (N-methyl/N-ethyl adjacent to an activating group) is 1. The van der Waals surface area contributed by atoms with Crippen molar-refractivity contribution in [2.24, 2.45) is 11.8 Å². The third-order valence-electron chi connectivity index (χ3n) is 4.73. The van der Waals surface area contributed by atoms with E-state index in [4.69, 9.17) is 4.74 Å². The summed E-state index contributed by atoms with van der Waals surface area (Å²) in [5.74, 6) is 1.61. The Hall–Kier alpha value is -0.380. The Balaban J connectivity index is 2.00. The van der Waals surface area contributed by atoms with Crippen molar-refractivity contribution in [1.82, 2.24) is 5.32 Å². The second kappa shape index (κ2) is 8.30. The minimum atomic E-state index is 0.156. The number of benzene rings is 1. The summed E-state index contributed by atoms with van der Waals surface area (Å²) in [7, 11) is 0. The van der Waals surface area contributed by atoms with Crippen LogP contribution in [0.1, 0.15) is 51.7 Å². The Morgan fingerprint density at radius 3 is 2.52 bits per heavy atom. The number of halogens is 1. The number of nitrogens with one attached hydrogen (secondary N) is 1. The zero-order valence-electron chi connectivity index (χ0n) is 13.4. The molecule has 1 saturated carbocycles. The van der Waals surface area contributed by atoms with Crippen LogP contribution in [0.25, 0.3) is 0 Å². The quantitative estimate of drug-likeness (QED) is 0.781. The van der Waals surface area contributed by atoms with Gasteiger partial charge >= 0.3 is 0 Å². The molecule has 1 aliphatic carbocycles. The number of rotatable bonds is 6. The second-order valence-corrected chi connectivity index (χ2v) is 7.29. The highest BCUT2D eigenvalue weighted by atomic mass is 79.9. The van der Waals surface area contributed by atoms with Crippen molar-refractivity contribution in [3.63, 3.8) is 0 Å². The molecule has 0 amide bonds. The van der Waals surface area contributed by atoms with Crippen LogP contribution in [0.3, 0.4) is 0 Å². The first kappa shape index (κ1) is 17.0. The van der Waals surface area contributed by atoms with E-state index >= 15 is 0 Å². The molecule has 2 rings (SSSR count). The van der Waals surface area contributed by atoms with E-state index in [0.29, 0.717) is 6.10 Å². The first-order chi connectivity index (χ1) is 10.1. The van der Waals surface area contributed by atoms with Gasteiger partial charge in [0.05, 0.1) is 12.2 Å². The minimum absolute atomic E-state index is 0.156. The predicted molar refractivity (Wildman–Crippen MR) is 92.5 cm³/mol. The maximum Gasteiger partial charge on any atom is 0.0952 e. The molecule has 118 valence electrons. The molecule has 21 heavy (non-hydrogen) atoms. The molecule has 0 aromatic heterocycles. The minimum Gasteiger partial charge on any atom is -0.369 e. The van der Waals surface area contributed by atoms with Gasteiger partial charge in [0.2, 0.25) is 0 Å². The molecule has 0 heterocycles. The molecule has 3 heteroatoms. The molecule has 4 atom stereocenters. The Labute approximate surface area is 137 Å². The smallest absolute Gasteiger partial charge is 0.0952 e. The Kier molecular flexibility index (Phi) is 6.72. The first-order valence-electron chi connectivity index (χ1n) is 8.21. The summed E-state index contributed by atoms with van der Waals surface area (Å²) >= 11 is 3.50. The summed E-state index contributed by atoms with van der Waals surface area (Å²) in [6, 6.07) is 8.54. The SMILES string of the molecule is CCNCC(OC1CCC(C)C(C)C1)c1ccc(Br)cc1. The van der Waals surface area contributed by atoms with Gasteiger partial charge in [-0.3, -0.25) is 0 Å². The van der Waals surface area contributed by atoms with Gasteiger partial charge in [-0.1, -0.05) is 48.8 Å². The molecule has 1 aliphatic rings. The molecular weight excluding hydrogens is 326 g/mol. The highest BCUT2D eigenvalue weighted by Crippen LogP contribution is 2.33. The van der Waals surface area contributed by atoms with Crippen molar-refractivity contribution in [3.05, 3.63) is 34.3 Å². The molecule has 1 aromatic carbocycles. The first-order valence-corrected chi connectivity index (χ1v) is 9.01. The third kappa shape index (κ3) is 5.08. The van der Waals surface area contributed by atoms with E-state index < -0.39 is 0 Å². The van der Waals surface area contributed by atoms with Crippen LogP contribution in [0.2, 0.25) is 0 Å². The van der Waals surface area contributed by atoms with Crippen molar-refractivity contribution < 1.29 is 4.74 Å². The molecule has 0 radical (unpaired) electrons. The van der Waals surface area contributed by atoms with Crippen molar-refractivity contribution in [2.75, 3.05) is 13.1 Å². The van der Waals surface area contributed by atoms with E-state index in [9.17, 15) is 0 Å². The van der Waals surface area contributed by atoms with Gasteiger partial charge in [-0.05, 0) is 55.3 Å². The second-order valence-electron chi connectivity index (χ2n) is 6.37. The van der Waals surface area contributed by atoms with Gasteiger partial charge in [0.15, 0.2) is 0 Å².